The molecule has 0 saturated carbocycles. The summed E-state index contributed by atoms with van der Waals surface area (Å²) in [5.41, 5.74) is 0.539. The number of nitrogens with zero attached hydrogens (tertiary/aromatic N) is 2. The highest BCUT2D eigenvalue weighted by Gasteiger charge is 2.34. The van der Waals surface area contributed by atoms with Gasteiger partial charge in [-0.3, -0.25) is 9.59 Å². The van der Waals surface area contributed by atoms with Crippen molar-refractivity contribution < 1.29 is 9.59 Å². The SMILES string of the molecule is CC(C)CN1CCN(C(=O)c2ccc[nH]2)C(C)C1=O. The summed E-state index contributed by atoms with van der Waals surface area (Å²) in [5.74, 6) is 0.386. The summed E-state index contributed by atoms with van der Waals surface area (Å²) in [6.07, 6.45) is 1.72. The number of nitrogens with one attached hydrogen (secondary N) is 1. The van der Waals surface area contributed by atoms with Gasteiger partial charge in [-0.2, -0.15) is 0 Å². The van der Waals surface area contributed by atoms with Crippen LogP contribution in [0.2, 0.25) is 0 Å². The van der Waals surface area contributed by atoms with Crippen molar-refractivity contribution in [3.63, 3.8) is 0 Å². The predicted octanol–water partition coefficient (Wildman–Crippen LogP) is 1.34. The average molecular weight is 263 g/mol. The Bertz CT molecular complexity index is 453. The standard InChI is InChI=1S/C14H21N3O2/c1-10(2)9-16-7-8-17(11(3)13(16)18)14(19)12-5-4-6-15-12/h4-6,10-11,15H,7-9H2,1-3H3. The van der Waals surface area contributed by atoms with Crippen LogP contribution >= 0.6 is 0 Å². The molecule has 5 nitrogen and oxygen atoms in total. The largest absolute Gasteiger partial charge is 0.357 e. The summed E-state index contributed by atoms with van der Waals surface area (Å²) in [6, 6.07) is 3.14. The van der Waals surface area contributed by atoms with Crippen LogP contribution in [0.15, 0.2) is 18.3 Å². The van der Waals surface area contributed by atoms with Gasteiger partial charge in [0.2, 0.25) is 5.91 Å². The summed E-state index contributed by atoms with van der Waals surface area (Å²) in [4.78, 5) is 30.9. The average Bonchev–Trinajstić information content (AvgIpc) is 2.88. The fraction of sp³-hybridized carbons (Fsp3) is 0.571. The number of hydrogen-bond acceptors (Lipinski definition) is 2. The third-order valence-electron chi connectivity index (χ3n) is 3.42. The van der Waals surface area contributed by atoms with Crippen LogP contribution in [0.3, 0.4) is 0 Å². The molecule has 19 heavy (non-hydrogen) atoms. The first-order valence-corrected chi connectivity index (χ1v) is 6.74. The lowest BCUT2D eigenvalue weighted by atomic mass is 10.1. The fourth-order valence-corrected chi connectivity index (χ4v) is 2.45. The quantitative estimate of drug-likeness (QED) is 0.894. The first-order chi connectivity index (χ1) is 9.00. The summed E-state index contributed by atoms with van der Waals surface area (Å²) in [6.45, 7) is 7.96. The second-order valence-electron chi connectivity index (χ2n) is 5.44. The van der Waals surface area contributed by atoms with E-state index in [9.17, 15) is 9.59 Å². The van der Waals surface area contributed by atoms with E-state index in [2.05, 4.69) is 18.8 Å². The van der Waals surface area contributed by atoms with Gasteiger partial charge in [0.05, 0.1) is 0 Å². The van der Waals surface area contributed by atoms with Gasteiger partial charge in [-0.05, 0) is 25.0 Å². The van der Waals surface area contributed by atoms with Gasteiger partial charge in [0.1, 0.15) is 11.7 Å². The minimum Gasteiger partial charge on any atom is -0.357 e. The van der Waals surface area contributed by atoms with Crippen LogP contribution in [0.4, 0.5) is 0 Å². The first kappa shape index (κ1) is 13.6. The maximum atomic E-state index is 12.3. The number of amides is 2. The summed E-state index contributed by atoms with van der Waals surface area (Å²) >= 11 is 0. The second kappa shape index (κ2) is 5.47. The number of hydrogen-bond donors (Lipinski definition) is 1. The van der Waals surface area contributed by atoms with E-state index in [1.54, 1.807) is 30.2 Å². The van der Waals surface area contributed by atoms with Crippen molar-refractivity contribution >= 4 is 11.8 Å². The zero-order chi connectivity index (χ0) is 14.0. The van der Waals surface area contributed by atoms with Crippen molar-refractivity contribution in [2.45, 2.75) is 26.8 Å². The zero-order valence-corrected chi connectivity index (χ0v) is 11.7. The molecule has 1 aromatic heterocycles. The Kier molecular flexibility index (Phi) is 3.93. The van der Waals surface area contributed by atoms with Crippen molar-refractivity contribution in [2.24, 2.45) is 5.92 Å². The van der Waals surface area contributed by atoms with Gasteiger partial charge in [-0.25, -0.2) is 0 Å². The molecular weight excluding hydrogens is 242 g/mol. The highest BCUT2D eigenvalue weighted by atomic mass is 16.2. The van der Waals surface area contributed by atoms with Crippen LogP contribution in [-0.4, -0.2) is 52.3 Å². The Balaban J connectivity index is 2.07. The third kappa shape index (κ3) is 2.80. The number of H-pyrrole nitrogens is 1. The van der Waals surface area contributed by atoms with E-state index in [0.717, 1.165) is 6.54 Å². The van der Waals surface area contributed by atoms with Crippen LogP contribution in [0.25, 0.3) is 0 Å². The van der Waals surface area contributed by atoms with E-state index in [0.29, 0.717) is 24.7 Å². The number of carbonyl (C=O) groups excluding carboxylic acids is 2. The minimum absolute atomic E-state index is 0.0415. The van der Waals surface area contributed by atoms with Crippen LogP contribution in [0.1, 0.15) is 31.3 Å². The molecule has 1 aliphatic rings. The first-order valence-electron chi connectivity index (χ1n) is 6.74. The molecular formula is C14H21N3O2. The molecule has 2 heterocycles. The Morgan fingerprint density at radius 1 is 1.47 bits per heavy atom. The fourth-order valence-electron chi connectivity index (χ4n) is 2.45. The summed E-state index contributed by atoms with van der Waals surface area (Å²) in [5, 5.41) is 0. The number of piperazine rings is 1. The molecule has 5 heteroatoms. The van der Waals surface area contributed by atoms with E-state index in [4.69, 9.17) is 0 Å². The van der Waals surface area contributed by atoms with Crippen molar-refractivity contribution in [2.75, 3.05) is 19.6 Å². The topological polar surface area (TPSA) is 56.4 Å². The summed E-state index contributed by atoms with van der Waals surface area (Å²) in [7, 11) is 0. The minimum atomic E-state index is -0.386. The van der Waals surface area contributed by atoms with E-state index in [-0.39, 0.29) is 17.9 Å². The van der Waals surface area contributed by atoms with Gasteiger partial charge < -0.3 is 14.8 Å². The second-order valence-corrected chi connectivity index (χ2v) is 5.44. The molecule has 1 unspecified atom stereocenters. The van der Waals surface area contributed by atoms with Gasteiger partial charge >= 0.3 is 0 Å². The molecule has 2 rings (SSSR count). The van der Waals surface area contributed by atoms with Gasteiger partial charge in [0.25, 0.3) is 5.91 Å². The highest BCUT2D eigenvalue weighted by molar-refractivity contribution is 5.96. The number of rotatable bonds is 3. The smallest absolute Gasteiger partial charge is 0.270 e. The zero-order valence-electron chi connectivity index (χ0n) is 11.7. The Morgan fingerprint density at radius 2 is 2.21 bits per heavy atom. The van der Waals surface area contributed by atoms with Crippen LogP contribution < -0.4 is 0 Å². The summed E-state index contributed by atoms with van der Waals surface area (Å²) < 4.78 is 0. The monoisotopic (exact) mass is 263 g/mol. The van der Waals surface area contributed by atoms with Crippen LogP contribution in [0.5, 0.6) is 0 Å². The lowest BCUT2D eigenvalue weighted by Gasteiger charge is -2.39. The van der Waals surface area contributed by atoms with Gasteiger partial charge in [0.15, 0.2) is 0 Å². The van der Waals surface area contributed by atoms with Crippen molar-refractivity contribution in [1.82, 2.24) is 14.8 Å². The molecule has 1 atom stereocenters. The maximum Gasteiger partial charge on any atom is 0.270 e. The lowest BCUT2D eigenvalue weighted by molar-refractivity contribution is -0.140. The third-order valence-corrected chi connectivity index (χ3v) is 3.42. The molecule has 1 N–H and O–H groups in total. The van der Waals surface area contributed by atoms with Crippen LogP contribution in [0, 0.1) is 5.92 Å². The molecule has 0 radical (unpaired) electrons. The highest BCUT2D eigenvalue weighted by Crippen LogP contribution is 2.15. The molecule has 0 bridgehead atoms. The van der Waals surface area contributed by atoms with E-state index in [1.165, 1.54) is 0 Å². The molecule has 2 amide bonds. The molecule has 1 aromatic rings. The lowest BCUT2D eigenvalue weighted by Crippen LogP contribution is -2.58. The van der Waals surface area contributed by atoms with Gasteiger partial charge in [0, 0.05) is 25.8 Å². The van der Waals surface area contributed by atoms with Crippen molar-refractivity contribution in [1.29, 1.82) is 0 Å². The maximum absolute atomic E-state index is 12.3. The molecule has 1 aliphatic heterocycles. The Morgan fingerprint density at radius 3 is 2.79 bits per heavy atom. The molecule has 1 fully saturated rings. The van der Waals surface area contributed by atoms with E-state index < -0.39 is 0 Å². The molecule has 0 spiro atoms. The van der Waals surface area contributed by atoms with Crippen molar-refractivity contribution in [3.05, 3.63) is 24.0 Å². The number of carbonyl (C=O) groups is 2. The van der Waals surface area contributed by atoms with Gasteiger partial charge in [-0.15, -0.1) is 0 Å². The Hall–Kier alpha value is -1.78. The molecule has 0 aromatic carbocycles. The Labute approximate surface area is 113 Å². The van der Waals surface area contributed by atoms with Crippen LogP contribution in [-0.2, 0) is 4.79 Å². The van der Waals surface area contributed by atoms with Gasteiger partial charge in [-0.1, -0.05) is 13.8 Å². The molecule has 104 valence electrons. The normalized spacial score (nSPS) is 20.2. The van der Waals surface area contributed by atoms with Crippen molar-refractivity contribution in [3.8, 4) is 0 Å². The predicted molar refractivity (Wildman–Crippen MR) is 72.7 cm³/mol. The van der Waals surface area contributed by atoms with E-state index >= 15 is 0 Å². The van der Waals surface area contributed by atoms with E-state index in [1.807, 2.05) is 4.90 Å². The number of aromatic nitrogens is 1. The molecule has 0 aliphatic carbocycles. The molecule has 1 saturated heterocycles. The number of aromatic amines is 1.